The van der Waals surface area contributed by atoms with Gasteiger partial charge in [0.1, 0.15) is 23.9 Å². The normalized spacial score (nSPS) is 10.8. The highest BCUT2D eigenvalue weighted by molar-refractivity contribution is 5.90. The van der Waals surface area contributed by atoms with Gasteiger partial charge in [0.25, 0.3) is 11.4 Å². The van der Waals surface area contributed by atoms with E-state index in [4.69, 9.17) is 4.52 Å². The number of aryl methyl sites for hydroxylation is 1. The Morgan fingerprint density at radius 2 is 1.87 bits per heavy atom. The Hall–Kier alpha value is -4.21. The van der Waals surface area contributed by atoms with Gasteiger partial charge in [-0.15, -0.1) is 0 Å². The molecule has 0 aliphatic heterocycles. The van der Waals surface area contributed by atoms with Gasteiger partial charge in [-0.1, -0.05) is 11.2 Å². The largest absolute Gasteiger partial charge is 0.332 e. The van der Waals surface area contributed by atoms with E-state index in [1.807, 2.05) is 0 Å². The summed E-state index contributed by atoms with van der Waals surface area (Å²) in [6, 6.07) is 12.4. The van der Waals surface area contributed by atoms with Crippen molar-refractivity contribution in [1.29, 1.82) is 0 Å². The maximum Gasteiger partial charge on any atom is 0.278 e. The SMILES string of the molecule is Cc1ccc(NC(=O)Cn2nc(-c3nc(-c4ccc(F)cc4)no3)ccc2=O)cc1F. The van der Waals surface area contributed by atoms with E-state index < -0.39 is 29.6 Å². The molecule has 1 N–H and O–H groups in total. The molecule has 0 saturated carbocycles. The van der Waals surface area contributed by atoms with Gasteiger partial charge in [0.05, 0.1) is 0 Å². The number of carbonyl (C=O) groups excluding carboxylic acids is 1. The fourth-order valence-electron chi connectivity index (χ4n) is 2.73. The summed E-state index contributed by atoms with van der Waals surface area (Å²) in [5.74, 6) is -1.17. The van der Waals surface area contributed by atoms with E-state index in [1.165, 1.54) is 48.5 Å². The summed E-state index contributed by atoms with van der Waals surface area (Å²) in [7, 11) is 0. The lowest BCUT2D eigenvalue weighted by Gasteiger charge is -2.08. The number of nitrogens with zero attached hydrogens (tertiary/aromatic N) is 4. The molecule has 2 aromatic carbocycles. The predicted molar refractivity (Wildman–Crippen MR) is 107 cm³/mol. The number of carbonyl (C=O) groups is 1. The summed E-state index contributed by atoms with van der Waals surface area (Å²) in [6.07, 6.45) is 0. The van der Waals surface area contributed by atoms with E-state index >= 15 is 0 Å². The van der Waals surface area contributed by atoms with E-state index in [9.17, 15) is 18.4 Å². The number of hydrogen-bond donors (Lipinski definition) is 1. The highest BCUT2D eigenvalue weighted by atomic mass is 19.1. The fraction of sp³-hybridized carbons (Fsp3) is 0.0952. The molecule has 0 bridgehead atoms. The van der Waals surface area contributed by atoms with Crippen LogP contribution >= 0.6 is 0 Å². The summed E-state index contributed by atoms with van der Waals surface area (Å²) in [5, 5.41) is 10.4. The molecule has 10 heteroatoms. The molecule has 8 nitrogen and oxygen atoms in total. The van der Waals surface area contributed by atoms with Crippen LogP contribution in [0.15, 0.2) is 63.9 Å². The maximum atomic E-state index is 13.6. The zero-order valence-corrected chi connectivity index (χ0v) is 16.2. The average molecular weight is 423 g/mol. The van der Waals surface area contributed by atoms with Crippen LogP contribution in [0.3, 0.4) is 0 Å². The van der Waals surface area contributed by atoms with Gasteiger partial charge in [-0.2, -0.15) is 10.1 Å². The molecule has 4 rings (SSSR count). The number of anilines is 1. The highest BCUT2D eigenvalue weighted by Crippen LogP contribution is 2.20. The quantitative estimate of drug-likeness (QED) is 0.529. The van der Waals surface area contributed by atoms with Crippen LogP contribution in [-0.2, 0) is 11.3 Å². The molecule has 0 atom stereocenters. The van der Waals surface area contributed by atoms with Crippen LogP contribution in [0.25, 0.3) is 23.0 Å². The number of hydrogen-bond acceptors (Lipinski definition) is 6. The Kier molecular flexibility index (Phi) is 5.35. The molecule has 2 aromatic heterocycles. The molecule has 0 unspecified atom stereocenters. The third kappa shape index (κ3) is 4.53. The minimum absolute atomic E-state index is 0.0223. The van der Waals surface area contributed by atoms with Crippen LogP contribution in [0.5, 0.6) is 0 Å². The van der Waals surface area contributed by atoms with Crippen molar-refractivity contribution in [3.63, 3.8) is 0 Å². The maximum absolute atomic E-state index is 13.6. The number of benzene rings is 2. The van der Waals surface area contributed by atoms with Gasteiger partial charge in [-0.25, -0.2) is 13.5 Å². The van der Waals surface area contributed by atoms with Crippen LogP contribution < -0.4 is 10.9 Å². The Morgan fingerprint density at radius 1 is 1.10 bits per heavy atom. The van der Waals surface area contributed by atoms with Crippen molar-refractivity contribution in [1.82, 2.24) is 19.9 Å². The van der Waals surface area contributed by atoms with Crippen molar-refractivity contribution in [2.24, 2.45) is 0 Å². The second-order valence-electron chi connectivity index (χ2n) is 6.66. The number of rotatable bonds is 5. The summed E-state index contributed by atoms with van der Waals surface area (Å²) in [5.41, 5.74) is 0.901. The average Bonchev–Trinajstić information content (AvgIpc) is 3.23. The highest BCUT2D eigenvalue weighted by Gasteiger charge is 2.15. The third-order valence-electron chi connectivity index (χ3n) is 4.36. The van der Waals surface area contributed by atoms with Crippen LogP contribution in [0, 0.1) is 18.6 Å². The molecule has 0 aliphatic carbocycles. The van der Waals surface area contributed by atoms with E-state index in [1.54, 1.807) is 13.0 Å². The Labute approximate surface area is 174 Å². The minimum atomic E-state index is -0.562. The predicted octanol–water partition coefficient (Wildman–Crippen LogP) is 3.19. The number of nitrogens with one attached hydrogen (secondary N) is 1. The van der Waals surface area contributed by atoms with E-state index in [0.717, 1.165) is 4.68 Å². The molecule has 0 saturated heterocycles. The van der Waals surface area contributed by atoms with Crippen LogP contribution in [0.1, 0.15) is 5.56 Å². The molecule has 0 aliphatic rings. The smallest absolute Gasteiger partial charge is 0.278 e. The van der Waals surface area contributed by atoms with Crippen molar-refractivity contribution < 1.29 is 18.1 Å². The van der Waals surface area contributed by atoms with Gasteiger partial charge >= 0.3 is 0 Å². The summed E-state index contributed by atoms with van der Waals surface area (Å²) in [6.45, 7) is 1.20. The first-order valence-electron chi connectivity index (χ1n) is 9.13. The second-order valence-corrected chi connectivity index (χ2v) is 6.66. The summed E-state index contributed by atoms with van der Waals surface area (Å²) < 4.78 is 32.8. The third-order valence-corrected chi connectivity index (χ3v) is 4.36. The van der Waals surface area contributed by atoms with Crippen molar-refractivity contribution in [2.75, 3.05) is 5.32 Å². The fourth-order valence-corrected chi connectivity index (χ4v) is 2.73. The molecule has 31 heavy (non-hydrogen) atoms. The Balaban J connectivity index is 1.53. The topological polar surface area (TPSA) is 103 Å². The lowest BCUT2D eigenvalue weighted by molar-refractivity contribution is -0.117. The summed E-state index contributed by atoms with van der Waals surface area (Å²) in [4.78, 5) is 28.6. The minimum Gasteiger partial charge on any atom is -0.332 e. The van der Waals surface area contributed by atoms with Crippen molar-refractivity contribution in [3.05, 3.63) is 82.1 Å². The zero-order chi connectivity index (χ0) is 22.0. The van der Waals surface area contributed by atoms with Gasteiger partial charge in [0, 0.05) is 17.3 Å². The number of aromatic nitrogens is 4. The van der Waals surface area contributed by atoms with Gasteiger partial charge in [-0.3, -0.25) is 9.59 Å². The first kappa shape index (κ1) is 20.1. The molecule has 0 fully saturated rings. The van der Waals surface area contributed by atoms with E-state index in [2.05, 4.69) is 20.6 Å². The Morgan fingerprint density at radius 3 is 2.61 bits per heavy atom. The van der Waals surface area contributed by atoms with Gasteiger partial charge in [-0.05, 0) is 55.0 Å². The van der Waals surface area contributed by atoms with E-state index in [-0.39, 0.29) is 23.1 Å². The monoisotopic (exact) mass is 423 g/mol. The standard InChI is InChI=1S/C21H15F2N5O3/c1-12-2-7-15(10-16(12)23)24-18(29)11-28-19(30)9-8-17(26-28)21-25-20(27-31-21)13-3-5-14(22)6-4-13/h2-10H,11H2,1H3,(H,24,29). The first-order valence-corrected chi connectivity index (χ1v) is 9.13. The van der Waals surface area contributed by atoms with Gasteiger partial charge in [0.2, 0.25) is 11.7 Å². The first-order chi connectivity index (χ1) is 14.9. The number of amides is 1. The van der Waals surface area contributed by atoms with E-state index in [0.29, 0.717) is 11.1 Å². The van der Waals surface area contributed by atoms with Gasteiger partial charge < -0.3 is 9.84 Å². The molecule has 0 radical (unpaired) electrons. The second kappa shape index (κ2) is 8.27. The molecule has 2 heterocycles. The zero-order valence-electron chi connectivity index (χ0n) is 16.2. The molecular weight excluding hydrogens is 408 g/mol. The molecule has 1 amide bonds. The van der Waals surface area contributed by atoms with Crippen LogP contribution in [0.2, 0.25) is 0 Å². The molecule has 156 valence electrons. The Bertz CT molecular complexity index is 1320. The molecular formula is C21H15F2N5O3. The van der Waals surface area contributed by atoms with Crippen molar-refractivity contribution >= 4 is 11.6 Å². The molecule has 4 aromatic rings. The lowest BCUT2D eigenvalue weighted by Crippen LogP contribution is -2.29. The van der Waals surface area contributed by atoms with Crippen LogP contribution in [-0.4, -0.2) is 25.8 Å². The van der Waals surface area contributed by atoms with Crippen LogP contribution in [0.4, 0.5) is 14.5 Å². The van der Waals surface area contributed by atoms with Crippen molar-refractivity contribution in [3.8, 4) is 23.0 Å². The van der Waals surface area contributed by atoms with Crippen molar-refractivity contribution in [2.45, 2.75) is 13.5 Å². The number of halogens is 2. The van der Waals surface area contributed by atoms with Gasteiger partial charge in [0.15, 0.2) is 0 Å². The lowest BCUT2D eigenvalue weighted by atomic mass is 10.2. The summed E-state index contributed by atoms with van der Waals surface area (Å²) >= 11 is 0. The molecule has 0 spiro atoms.